The summed E-state index contributed by atoms with van der Waals surface area (Å²) in [6.45, 7) is 1.66. The van der Waals surface area contributed by atoms with Crippen LogP contribution < -0.4 is 16.0 Å². The first-order valence-electron chi connectivity index (χ1n) is 9.37. The zero-order valence-corrected chi connectivity index (χ0v) is 16.3. The van der Waals surface area contributed by atoms with Crippen molar-refractivity contribution in [1.29, 1.82) is 0 Å². The minimum absolute atomic E-state index is 0.0746. The molecule has 0 saturated heterocycles. The molecule has 3 rings (SSSR count). The van der Waals surface area contributed by atoms with E-state index in [2.05, 4.69) is 16.0 Å². The van der Waals surface area contributed by atoms with Crippen molar-refractivity contribution in [3.63, 3.8) is 0 Å². The normalized spacial score (nSPS) is 11.6. The summed E-state index contributed by atoms with van der Waals surface area (Å²) in [4.78, 5) is 24.9. The second-order valence-corrected chi connectivity index (χ2v) is 6.69. The van der Waals surface area contributed by atoms with E-state index in [1.165, 1.54) is 6.07 Å². The molecule has 2 amide bonds. The molecule has 0 aliphatic rings. The number of carbonyl (C=O) groups is 2. The van der Waals surface area contributed by atoms with Crippen LogP contribution in [0.15, 0.2) is 72.8 Å². The Morgan fingerprint density at radius 1 is 0.867 bits per heavy atom. The van der Waals surface area contributed by atoms with Gasteiger partial charge in [-0.3, -0.25) is 9.59 Å². The molecule has 0 radical (unpaired) electrons. The molecule has 0 spiro atoms. The van der Waals surface area contributed by atoms with Crippen LogP contribution in [0.25, 0.3) is 0 Å². The molecule has 7 heteroatoms. The number of hydrogen-bond donors (Lipinski definition) is 3. The molecule has 0 saturated carbocycles. The monoisotopic (exact) mass is 409 g/mol. The van der Waals surface area contributed by atoms with Gasteiger partial charge in [0.1, 0.15) is 0 Å². The van der Waals surface area contributed by atoms with Gasteiger partial charge in [0.25, 0.3) is 5.91 Å². The highest BCUT2D eigenvalue weighted by Gasteiger charge is 2.15. The Kier molecular flexibility index (Phi) is 6.87. The number of benzene rings is 3. The van der Waals surface area contributed by atoms with Crippen molar-refractivity contribution >= 4 is 23.2 Å². The van der Waals surface area contributed by atoms with Gasteiger partial charge in [0.15, 0.2) is 11.6 Å². The highest BCUT2D eigenvalue weighted by Crippen LogP contribution is 2.18. The summed E-state index contributed by atoms with van der Waals surface area (Å²) in [5.74, 6) is -2.58. The first kappa shape index (κ1) is 21.1. The molecule has 3 aromatic carbocycles. The van der Waals surface area contributed by atoms with E-state index in [1.807, 2.05) is 18.2 Å². The van der Waals surface area contributed by atoms with Gasteiger partial charge in [-0.1, -0.05) is 36.4 Å². The number of para-hydroxylation sites is 2. The van der Waals surface area contributed by atoms with E-state index in [0.717, 1.165) is 12.1 Å². The number of nitrogens with one attached hydrogen (secondary N) is 3. The van der Waals surface area contributed by atoms with Crippen LogP contribution >= 0.6 is 0 Å². The third-order valence-electron chi connectivity index (χ3n) is 4.49. The molecule has 3 aromatic rings. The van der Waals surface area contributed by atoms with Gasteiger partial charge in [-0.2, -0.15) is 0 Å². The van der Waals surface area contributed by atoms with E-state index in [9.17, 15) is 18.4 Å². The highest BCUT2D eigenvalue weighted by molar-refractivity contribution is 6.10. The number of hydrogen-bond acceptors (Lipinski definition) is 3. The van der Waals surface area contributed by atoms with Crippen molar-refractivity contribution in [2.75, 3.05) is 17.2 Å². The van der Waals surface area contributed by atoms with E-state index in [0.29, 0.717) is 22.5 Å². The maximum Gasteiger partial charge on any atom is 0.257 e. The SMILES string of the molecule is C[C@@H](NCC(=O)Nc1ccccc1C(=O)Nc1ccccc1)c1ccc(F)c(F)c1. The lowest BCUT2D eigenvalue weighted by Crippen LogP contribution is -2.30. The van der Waals surface area contributed by atoms with Crippen LogP contribution in [0.3, 0.4) is 0 Å². The molecule has 0 unspecified atom stereocenters. The fraction of sp³-hybridized carbons (Fsp3) is 0.130. The number of carbonyl (C=O) groups excluding carboxylic acids is 2. The Bertz CT molecular complexity index is 1040. The van der Waals surface area contributed by atoms with Gasteiger partial charge < -0.3 is 16.0 Å². The summed E-state index contributed by atoms with van der Waals surface area (Å²) < 4.78 is 26.4. The Morgan fingerprint density at radius 2 is 1.57 bits per heavy atom. The molecule has 0 aliphatic carbocycles. The van der Waals surface area contributed by atoms with Gasteiger partial charge in [0.05, 0.1) is 17.8 Å². The van der Waals surface area contributed by atoms with Crippen molar-refractivity contribution in [2.45, 2.75) is 13.0 Å². The topological polar surface area (TPSA) is 70.2 Å². The molecule has 0 aliphatic heterocycles. The van der Waals surface area contributed by atoms with Crippen molar-refractivity contribution in [2.24, 2.45) is 0 Å². The van der Waals surface area contributed by atoms with Crippen LogP contribution in [0.2, 0.25) is 0 Å². The predicted octanol–water partition coefficient (Wildman–Crippen LogP) is 4.51. The van der Waals surface area contributed by atoms with Crippen molar-refractivity contribution in [1.82, 2.24) is 5.32 Å². The second-order valence-electron chi connectivity index (χ2n) is 6.69. The van der Waals surface area contributed by atoms with Gasteiger partial charge in [-0.15, -0.1) is 0 Å². The molecule has 0 heterocycles. The van der Waals surface area contributed by atoms with Crippen LogP contribution in [-0.4, -0.2) is 18.4 Å². The number of rotatable bonds is 7. The molecule has 5 nitrogen and oxygen atoms in total. The van der Waals surface area contributed by atoms with Gasteiger partial charge in [-0.25, -0.2) is 8.78 Å². The standard InChI is InChI=1S/C23H21F2N3O2/c1-15(16-11-12-19(24)20(25)13-16)26-14-22(29)28-21-10-6-5-9-18(21)23(30)27-17-7-3-2-4-8-17/h2-13,15,26H,14H2,1H3,(H,27,30)(H,28,29)/t15-/m1/s1. The molecule has 0 fully saturated rings. The summed E-state index contributed by atoms with van der Waals surface area (Å²) in [7, 11) is 0. The van der Waals surface area contributed by atoms with Crippen LogP contribution in [0.4, 0.5) is 20.2 Å². The molecule has 3 N–H and O–H groups in total. The average molecular weight is 409 g/mol. The second kappa shape index (κ2) is 9.76. The summed E-state index contributed by atoms with van der Waals surface area (Å²) in [5.41, 5.74) is 1.86. The molecular formula is C23H21F2N3O2. The average Bonchev–Trinajstić information content (AvgIpc) is 2.75. The van der Waals surface area contributed by atoms with Crippen LogP contribution in [0.5, 0.6) is 0 Å². The van der Waals surface area contributed by atoms with E-state index >= 15 is 0 Å². The Balaban J connectivity index is 1.61. The first-order chi connectivity index (χ1) is 14.4. The summed E-state index contributed by atoms with van der Waals surface area (Å²) in [6.07, 6.45) is 0. The van der Waals surface area contributed by atoms with Crippen molar-refractivity contribution in [3.8, 4) is 0 Å². The number of halogens is 2. The zero-order chi connectivity index (χ0) is 21.5. The van der Waals surface area contributed by atoms with E-state index in [4.69, 9.17) is 0 Å². The Labute approximate surface area is 173 Å². The molecule has 30 heavy (non-hydrogen) atoms. The first-order valence-corrected chi connectivity index (χ1v) is 9.37. The smallest absolute Gasteiger partial charge is 0.257 e. The minimum atomic E-state index is -0.941. The molecule has 0 bridgehead atoms. The van der Waals surface area contributed by atoms with Crippen molar-refractivity contribution in [3.05, 3.63) is 95.6 Å². The lowest BCUT2D eigenvalue weighted by Gasteiger charge is -2.15. The van der Waals surface area contributed by atoms with E-state index < -0.39 is 11.6 Å². The molecule has 154 valence electrons. The molecule has 0 aromatic heterocycles. The van der Waals surface area contributed by atoms with Gasteiger partial charge in [0, 0.05) is 11.7 Å². The lowest BCUT2D eigenvalue weighted by atomic mass is 10.1. The Hall–Kier alpha value is -3.58. The molecule has 1 atom stereocenters. The number of amides is 2. The molecular weight excluding hydrogens is 388 g/mol. The van der Waals surface area contributed by atoms with Gasteiger partial charge in [0.2, 0.25) is 5.91 Å². The highest BCUT2D eigenvalue weighted by atomic mass is 19.2. The fourth-order valence-corrected chi connectivity index (χ4v) is 2.85. The largest absolute Gasteiger partial charge is 0.324 e. The van der Waals surface area contributed by atoms with Gasteiger partial charge >= 0.3 is 0 Å². The maximum absolute atomic E-state index is 13.4. The summed E-state index contributed by atoms with van der Waals surface area (Å²) in [5, 5.41) is 8.44. The van der Waals surface area contributed by atoms with Crippen LogP contribution in [0, 0.1) is 11.6 Å². The Morgan fingerprint density at radius 3 is 2.30 bits per heavy atom. The van der Waals surface area contributed by atoms with Crippen LogP contribution in [0.1, 0.15) is 28.9 Å². The summed E-state index contributed by atoms with van der Waals surface area (Å²) in [6, 6.07) is 18.9. The van der Waals surface area contributed by atoms with Crippen LogP contribution in [-0.2, 0) is 4.79 Å². The van der Waals surface area contributed by atoms with Crippen molar-refractivity contribution < 1.29 is 18.4 Å². The van der Waals surface area contributed by atoms with E-state index in [1.54, 1.807) is 43.3 Å². The predicted molar refractivity (Wildman–Crippen MR) is 112 cm³/mol. The number of anilines is 2. The maximum atomic E-state index is 13.4. The minimum Gasteiger partial charge on any atom is -0.324 e. The zero-order valence-electron chi connectivity index (χ0n) is 16.3. The third-order valence-corrected chi connectivity index (χ3v) is 4.49. The summed E-state index contributed by atoms with van der Waals surface area (Å²) >= 11 is 0. The van der Waals surface area contributed by atoms with E-state index in [-0.39, 0.29) is 24.4 Å². The third kappa shape index (κ3) is 5.48. The lowest BCUT2D eigenvalue weighted by molar-refractivity contribution is -0.115. The fourth-order valence-electron chi connectivity index (χ4n) is 2.85. The quantitative estimate of drug-likeness (QED) is 0.538. The van der Waals surface area contributed by atoms with Gasteiger partial charge in [-0.05, 0) is 48.9 Å².